The highest BCUT2D eigenvalue weighted by Gasteiger charge is 2.19. The van der Waals surface area contributed by atoms with E-state index in [0.717, 1.165) is 4.21 Å². The van der Waals surface area contributed by atoms with Crippen LogP contribution in [0.25, 0.3) is 0 Å². The summed E-state index contributed by atoms with van der Waals surface area (Å²) in [6.07, 6.45) is 0. The molecule has 0 saturated carbocycles. The first-order valence-corrected chi connectivity index (χ1v) is 7.58. The second-order valence-corrected chi connectivity index (χ2v) is 6.12. The number of thiophene rings is 1. The van der Waals surface area contributed by atoms with E-state index in [4.69, 9.17) is 5.11 Å². The Morgan fingerprint density at radius 3 is 2.78 bits per heavy atom. The summed E-state index contributed by atoms with van der Waals surface area (Å²) in [7, 11) is 0. The number of hydrogen-bond donors (Lipinski definition) is 1. The molecule has 18 heavy (non-hydrogen) atoms. The van der Waals surface area contributed by atoms with Crippen molar-refractivity contribution in [2.24, 2.45) is 5.92 Å². The van der Waals surface area contributed by atoms with Crippen molar-refractivity contribution in [3.63, 3.8) is 0 Å². The maximum atomic E-state index is 11.9. The molecule has 1 aromatic rings. The standard InChI is InChI=1S/C12H17NO3S2/c1-3-13(7-9(2)12(15)16)10(14)8-18-11-5-4-6-17-11/h4-6,9H,3,7-8H2,1-2H3,(H,15,16). The van der Waals surface area contributed by atoms with Crippen molar-refractivity contribution in [2.45, 2.75) is 18.1 Å². The van der Waals surface area contributed by atoms with Crippen molar-refractivity contribution >= 4 is 35.0 Å². The van der Waals surface area contributed by atoms with Crippen LogP contribution in [-0.2, 0) is 9.59 Å². The van der Waals surface area contributed by atoms with Crippen LogP contribution < -0.4 is 0 Å². The summed E-state index contributed by atoms with van der Waals surface area (Å²) >= 11 is 3.10. The van der Waals surface area contributed by atoms with E-state index in [-0.39, 0.29) is 12.5 Å². The Morgan fingerprint density at radius 2 is 2.28 bits per heavy atom. The van der Waals surface area contributed by atoms with Crippen molar-refractivity contribution in [1.82, 2.24) is 4.90 Å². The quantitative estimate of drug-likeness (QED) is 0.782. The van der Waals surface area contributed by atoms with Crippen molar-refractivity contribution in [3.8, 4) is 0 Å². The Bertz CT molecular complexity index is 392. The lowest BCUT2D eigenvalue weighted by Gasteiger charge is -2.22. The van der Waals surface area contributed by atoms with E-state index in [9.17, 15) is 9.59 Å². The summed E-state index contributed by atoms with van der Waals surface area (Å²) in [4.78, 5) is 24.3. The maximum Gasteiger partial charge on any atom is 0.308 e. The van der Waals surface area contributed by atoms with Gasteiger partial charge in [0, 0.05) is 13.1 Å². The highest BCUT2D eigenvalue weighted by atomic mass is 32.2. The predicted octanol–water partition coefficient (Wildman–Crippen LogP) is 2.41. The van der Waals surface area contributed by atoms with Gasteiger partial charge in [-0.25, -0.2) is 0 Å². The molecule has 1 unspecified atom stereocenters. The van der Waals surface area contributed by atoms with E-state index >= 15 is 0 Å². The van der Waals surface area contributed by atoms with Gasteiger partial charge < -0.3 is 10.0 Å². The van der Waals surface area contributed by atoms with Gasteiger partial charge in [-0.3, -0.25) is 9.59 Å². The molecular weight excluding hydrogens is 270 g/mol. The Balaban J connectivity index is 2.44. The first kappa shape index (κ1) is 15.0. The van der Waals surface area contributed by atoms with Gasteiger partial charge in [-0.15, -0.1) is 23.1 Å². The van der Waals surface area contributed by atoms with Crippen molar-refractivity contribution in [3.05, 3.63) is 17.5 Å². The number of carboxylic acid groups (broad SMARTS) is 1. The van der Waals surface area contributed by atoms with Crippen LogP contribution in [0.1, 0.15) is 13.8 Å². The van der Waals surface area contributed by atoms with Crippen LogP contribution in [0.4, 0.5) is 0 Å². The molecule has 0 aliphatic carbocycles. The topological polar surface area (TPSA) is 57.6 Å². The third-order valence-electron chi connectivity index (χ3n) is 2.48. The smallest absolute Gasteiger partial charge is 0.308 e. The lowest BCUT2D eigenvalue weighted by atomic mass is 10.2. The summed E-state index contributed by atoms with van der Waals surface area (Å²) in [6, 6.07) is 3.92. The molecule has 0 saturated heterocycles. The van der Waals surface area contributed by atoms with Gasteiger partial charge in [-0.1, -0.05) is 13.0 Å². The van der Waals surface area contributed by atoms with Crippen LogP contribution in [0.3, 0.4) is 0 Å². The molecule has 1 atom stereocenters. The van der Waals surface area contributed by atoms with E-state index in [0.29, 0.717) is 12.3 Å². The van der Waals surface area contributed by atoms with Gasteiger partial charge in [0.1, 0.15) is 0 Å². The predicted molar refractivity (Wildman–Crippen MR) is 74.1 cm³/mol. The third kappa shape index (κ3) is 4.70. The molecule has 0 fully saturated rings. The Morgan fingerprint density at radius 1 is 1.56 bits per heavy atom. The summed E-state index contributed by atoms with van der Waals surface area (Å²) in [5, 5.41) is 10.8. The first-order chi connectivity index (χ1) is 8.54. The zero-order valence-electron chi connectivity index (χ0n) is 10.5. The van der Waals surface area contributed by atoms with Crippen molar-refractivity contribution in [2.75, 3.05) is 18.8 Å². The molecule has 1 N–H and O–H groups in total. The highest BCUT2D eigenvalue weighted by Crippen LogP contribution is 2.23. The highest BCUT2D eigenvalue weighted by molar-refractivity contribution is 8.01. The summed E-state index contributed by atoms with van der Waals surface area (Å²) < 4.78 is 1.10. The largest absolute Gasteiger partial charge is 0.481 e. The molecule has 1 aromatic heterocycles. The zero-order chi connectivity index (χ0) is 13.5. The number of thioether (sulfide) groups is 1. The second kappa shape index (κ2) is 7.43. The average molecular weight is 287 g/mol. The van der Waals surface area contributed by atoms with E-state index in [2.05, 4.69) is 0 Å². The molecule has 0 spiro atoms. The van der Waals surface area contributed by atoms with Crippen LogP contribution in [0.5, 0.6) is 0 Å². The molecule has 0 aliphatic rings. The van der Waals surface area contributed by atoms with E-state index in [1.54, 1.807) is 23.2 Å². The third-order valence-corrected chi connectivity index (χ3v) is 4.60. The molecule has 100 valence electrons. The summed E-state index contributed by atoms with van der Waals surface area (Å²) in [6.45, 7) is 4.30. The molecule has 4 nitrogen and oxygen atoms in total. The first-order valence-electron chi connectivity index (χ1n) is 5.71. The molecule has 0 radical (unpaired) electrons. The van der Waals surface area contributed by atoms with Crippen LogP contribution in [0.15, 0.2) is 21.7 Å². The normalized spacial score (nSPS) is 12.1. The minimum absolute atomic E-state index is 0.0102. The molecule has 0 bridgehead atoms. The van der Waals surface area contributed by atoms with E-state index in [1.807, 2.05) is 24.4 Å². The van der Waals surface area contributed by atoms with Gasteiger partial charge in [0.05, 0.1) is 15.9 Å². The Kier molecular flexibility index (Phi) is 6.21. The molecule has 0 aromatic carbocycles. The summed E-state index contributed by atoms with van der Waals surface area (Å²) in [5.41, 5.74) is 0. The molecular formula is C12H17NO3S2. The zero-order valence-corrected chi connectivity index (χ0v) is 12.1. The molecule has 1 amide bonds. The number of carbonyl (C=O) groups excluding carboxylic acids is 1. The van der Waals surface area contributed by atoms with Crippen LogP contribution in [0, 0.1) is 5.92 Å². The van der Waals surface area contributed by atoms with Crippen LogP contribution in [-0.4, -0.2) is 40.7 Å². The number of rotatable bonds is 7. The molecule has 6 heteroatoms. The second-order valence-electron chi connectivity index (χ2n) is 3.89. The Hall–Kier alpha value is -1.01. The van der Waals surface area contributed by atoms with E-state index in [1.165, 1.54) is 11.8 Å². The Labute approximate surface area is 115 Å². The van der Waals surface area contributed by atoms with E-state index < -0.39 is 11.9 Å². The minimum Gasteiger partial charge on any atom is -0.481 e. The van der Waals surface area contributed by atoms with Crippen molar-refractivity contribution in [1.29, 1.82) is 0 Å². The lowest BCUT2D eigenvalue weighted by Crippen LogP contribution is -2.37. The summed E-state index contributed by atoms with van der Waals surface area (Å²) in [5.74, 6) is -1.04. The molecule has 1 rings (SSSR count). The SMILES string of the molecule is CCN(CC(C)C(=O)O)C(=O)CSc1cccs1. The van der Waals surface area contributed by atoms with Crippen LogP contribution >= 0.6 is 23.1 Å². The van der Waals surface area contributed by atoms with Gasteiger partial charge in [0.2, 0.25) is 5.91 Å². The fourth-order valence-corrected chi connectivity index (χ4v) is 3.07. The maximum absolute atomic E-state index is 11.9. The number of carboxylic acids is 1. The van der Waals surface area contributed by atoms with Gasteiger partial charge in [-0.05, 0) is 18.4 Å². The van der Waals surface area contributed by atoms with Crippen molar-refractivity contribution < 1.29 is 14.7 Å². The number of carbonyl (C=O) groups is 2. The number of amides is 1. The fourth-order valence-electron chi connectivity index (χ4n) is 1.39. The molecule has 0 aliphatic heterocycles. The van der Waals surface area contributed by atoms with Gasteiger partial charge >= 0.3 is 5.97 Å². The number of aliphatic carboxylic acids is 1. The minimum atomic E-state index is -0.868. The van der Waals surface area contributed by atoms with Gasteiger partial charge in [-0.2, -0.15) is 0 Å². The van der Waals surface area contributed by atoms with Crippen LogP contribution in [0.2, 0.25) is 0 Å². The van der Waals surface area contributed by atoms with Gasteiger partial charge in [0.25, 0.3) is 0 Å². The fraction of sp³-hybridized carbons (Fsp3) is 0.500. The molecule has 1 heterocycles. The lowest BCUT2D eigenvalue weighted by molar-refractivity contribution is -0.142. The monoisotopic (exact) mass is 287 g/mol. The van der Waals surface area contributed by atoms with Gasteiger partial charge in [0.15, 0.2) is 0 Å². The average Bonchev–Trinajstić information content (AvgIpc) is 2.85. The number of hydrogen-bond acceptors (Lipinski definition) is 4. The number of nitrogens with zero attached hydrogens (tertiary/aromatic N) is 1.